The van der Waals surface area contributed by atoms with Crippen molar-refractivity contribution in [3.8, 4) is 11.5 Å². The average molecular weight is 691 g/mol. The Balaban J connectivity index is 1.33. The second-order valence-electron chi connectivity index (χ2n) is 13.2. The van der Waals surface area contributed by atoms with E-state index in [4.69, 9.17) is 9.47 Å². The number of piperazine rings is 1. The molecule has 0 aliphatic carbocycles. The molecule has 50 heavy (non-hydrogen) atoms. The summed E-state index contributed by atoms with van der Waals surface area (Å²) in [5, 5.41) is 8.35. The Morgan fingerprint density at radius 2 is 1.54 bits per heavy atom. The summed E-state index contributed by atoms with van der Waals surface area (Å²) in [5.41, 5.74) is 1.17. The Labute approximate surface area is 291 Å². The van der Waals surface area contributed by atoms with E-state index in [0.29, 0.717) is 49.5 Å². The number of ether oxygens (including phenoxy) is 2. The molecule has 3 N–H and O–H groups in total. The highest BCUT2D eigenvalue weighted by Gasteiger charge is 2.40. The minimum absolute atomic E-state index is 0.146. The van der Waals surface area contributed by atoms with E-state index in [-0.39, 0.29) is 49.8 Å². The quantitative estimate of drug-likeness (QED) is 0.423. The van der Waals surface area contributed by atoms with Crippen molar-refractivity contribution in [2.45, 2.75) is 64.2 Å². The second-order valence-corrected chi connectivity index (χ2v) is 13.2. The minimum Gasteiger partial charge on any atom is -0.496 e. The molecule has 2 saturated heterocycles. The molecule has 14 nitrogen and oxygen atoms in total. The molecule has 2 bridgehead atoms. The summed E-state index contributed by atoms with van der Waals surface area (Å²) >= 11 is 0. The fourth-order valence-electron chi connectivity index (χ4n) is 6.53. The Kier molecular flexibility index (Phi) is 11.6. The predicted molar refractivity (Wildman–Crippen MR) is 182 cm³/mol. The van der Waals surface area contributed by atoms with Gasteiger partial charge >= 0.3 is 0 Å². The van der Waals surface area contributed by atoms with E-state index >= 15 is 0 Å². The highest BCUT2D eigenvalue weighted by Crippen LogP contribution is 2.23. The SMILES string of the molecule is COc1ccccc1C(=O)N1CCN(C(=O)[C@@H]2Cc3ccc(cc3)OCC(=O)N[C@H](C(C)C)C(=O)N3CCC[C@H]3C(=O)N[C@@H](C)C(=O)N2)CC1. The van der Waals surface area contributed by atoms with Crippen molar-refractivity contribution in [1.29, 1.82) is 0 Å². The number of hydrogen-bond donors (Lipinski definition) is 3. The molecule has 14 heteroatoms. The van der Waals surface area contributed by atoms with Crippen molar-refractivity contribution in [3.05, 3.63) is 59.7 Å². The molecule has 0 radical (unpaired) electrons. The zero-order valence-electron chi connectivity index (χ0n) is 29.0. The number of nitrogens with one attached hydrogen (secondary N) is 3. The maximum Gasteiger partial charge on any atom is 0.258 e. The van der Waals surface area contributed by atoms with E-state index in [0.717, 1.165) is 5.56 Å². The Bertz CT molecular complexity index is 1590. The number of rotatable bonds is 4. The van der Waals surface area contributed by atoms with Crippen LogP contribution in [0.5, 0.6) is 11.5 Å². The number of carbonyl (C=O) groups excluding carboxylic acids is 6. The molecule has 4 aliphatic heterocycles. The van der Waals surface area contributed by atoms with E-state index < -0.39 is 41.9 Å². The van der Waals surface area contributed by atoms with Gasteiger partial charge in [0.05, 0.1) is 12.7 Å². The van der Waals surface area contributed by atoms with Crippen LogP contribution in [0.4, 0.5) is 0 Å². The van der Waals surface area contributed by atoms with Crippen LogP contribution in [0.2, 0.25) is 0 Å². The first kappa shape index (κ1) is 36.1. The van der Waals surface area contributed by atoms with Crippen molar-refractivity contribution in [3.63, 3.8) is 0 Å². The molecule has 4 heterocycles. The zero-order valence-corrected chi connectivity index (χ0v) is 29.0. The number of benzene rings is 2. The smallest absolute Gasteiger partial charge is 0.258 e. The molecule has 0 aromatic heterocycles. The summed E-state index contributed by atoms with van der Waals surface area (Å²) in [4.78, 5) is 85.4. The van der Waals surface area contributed by atoms with Crippen LogP contribution in [0, 0.1) is 5.92 Å². The lowest BCUT2D eigenvalue weighted by atomic mass is 10.0. The predicted octanol–water partition coefficient (Wildman–Crippen LogP) is 0.736. The molecule has 0 saturated carbocycles. The maximum atomic E-state index is 14.0. The largest absolute Gasteiger partial charge is 0.496 e. The van der Waals surface area contributed by atoms with Gasteiger partial charge in [-0.1, -0.05) is 38.1 Å². The Hall–Kier alpha value is -5.14. The van der Waals surface area contributed by atoms with Crippen LogP contribution in [0.1, 0.15) is 49.5 Å². The molecule has 268 valence electrons. The third-order valence-electron chi connectivity index (χ3n) is 9.40. The average Bonchev–Trinajstić information content (AvgIpc) is 3.62. The van der Waals surface area contributed by atoms with E-state index in [1.165, 1.54) is 18.9 Å². The summed E-state index contributed by atoms with van der Waals surface area (Å²) in [6, 6.07) is 10.2. The van der Waals surface area contributed by atoms with Gasteiger partial charge in [-0.05, 0) is 55.5 Å². The van der Waals surface area contributed by atoms with Crippen LogP contribution >= 0.6 is 0 Å². The number of hydrogen-bond acceptors (Lipinski definition) is 8. The molecule has 4 aliphatic rings. The second kappa shape index (κ2) is 16.0. The maximum absolute atomic E-state index is 14.0. The number of amides is 6. The van der Waals surface area contributed by atoms with Gasteiger partial charge in [-0.15, -0.1) is 0 Å². The summed E-state index contributed by atoms with van der Waals surface area (Å²) in [6.45, 7) is 6.29. The van der Waals surface area contributed by atoms with Crippen molar-refractivity contribution in [2.24, 2.45) is 5.92 Å². The number of para-hydroxylation sites is 1. The van der Waals surface area contributed by atoms with Gasteiger partial charge in [-0.3, -0.25) is 28.8 Å². The van der Waals surface area contributed by atoms with Crippen molar-refractivity contribution in [1.82, 2.24) is 30.7 Å². The molecule has 2 fully saturated rings. The molecule has 2 aromatic carbocycles. The standard InChI is InChI=1S/C36H46N6O8/c1-22(2)31-36(48)42-15-7-9-28(42)33(45)37-23(3)32(44)38-27(20-24-11-13-25(14-12-24)50-21-30(43)39-31)35(47)41-18-16-40(17-19-41)34(46)26-8-5-6-10-29(26)49-4/h5-6,8,10-14,22-23,27-28,31H,7,9,15-21H2,1-4H3,(H,37,45)(H,38,44)(H,39,43)/t23-,27-,28-,31+/m0/s1. The molecular formula is C36H46N6O8. The van der Waals surface area contributed by atoms with Gasteiger partial charge in [0.1, 0.15) is 35.7 Å². The monoisotopic (exact) mass is 690 g/mol. The van der Waals surface area contributed by atoms with Crippen LogP contribution in [-0.4, -0.2) is 121 Å². The topological polar surface area (TPSA) is 167 Å². The third kappa shape index (κ3) is 8.35. The fraction of sp³-hybridized carbons (Fsp3) is 0.500. The lowest BCUT2D eigenvalue weighted by Crippen LogP contribution is -2.59. The van der Waals surface area contributed by atoms with Gasteiger partial charge < -0.3 is 40.1 Å². The summed E-state index contributed by atoms with van der Waals surface area (Å²) in [5.74, 6) is -1.76. The first-order valence-electron chi connectivity index (χ1n) is 17.1. The summed E-state index contributed by atoms with van der Waals surface area (Å²) in [6.07, 6.45) is 1.15. The van der Waals surface area contributed by atoms with Gasteiger partial charge in [-0.2, -0.15) is 0 Å². The molecule has 0 unspecified atom stereocenters. The van der Waals surface area contributed by atoms with Crippen molar-refractivity contribution < 1.29 is 38.2 Å². The Morgan fingerprint density at radius 3 is 2.22 bits per heavy atom. The molecule has 0 spiro atoms. The van der Waals surface area contributed by atoms with E-state index in [2.05, 4.69) is 16.0 Å². The highest BCUT2D eigenvalue weighted by molar-refractivity contribution is 5.98. The zero-order chi connectivity index (χ0) is 35.9. The number of carbonyl (C=O) groups is 6. The number of methoxy groups -OCH3 is 1. The third-order valence-corrected chi connectivity index (χ3v) is 9.40. The van der Waals surface area contributed by atoms with Gasteiger partial charge in [0, 0.05) is 39.1 Å². The molecule has 4 atom stereocenters. The Morgan fingerprint density at radius 1 is 0.860 bits per heavy atom. The normalized spacial score (nSPS) is 23.9. The van der Waals surface area contributed by atoms with Crippen LogP contribution in [0.3, 0.4) is 0 Å². The minimum atomic E-state index is -1.01. The molecule has 6 amide bonds. The number of nitrogens with zero attached hydrogens (tertiary/aromatic N) is 3. The first-order chi connectivity index (χ1) is 24.0. The van der Waals surface area contributed by atoms with Crippen molar-refractivity contribution in [2.75, 3.05) is 46.4 Å². The lowest BCUT2D eigenvalue weighted by Gasteiger charge is -2.37. The van der Waals surface area contributed by atoms with Crippen LogP contribution in [-0.2, 0) is 30.4 Å². The van der Waals surface area contributed by atoms with Crippen LogP contribution < -0.4 is 25.4 Å². The lowest BCUT2D eigenvalue weighted by molar-refractivity contribution is -0.143. The highest BCUT2D eigenvalue weighted by atomic mass is 16.5. The first-order valence-corrected chi connectivity index (χ1v) is 17.1. The van der Waals surface area contributed by atoms with Crippen molar-refractivity contribution >= 4 is 35.4 Å². The van der Waals surface area contributed by atoms with E-state index in [1.54, 1.807) is 58.3 Å². The molecule has 2 aromatic rings. The van der Waals surface area contributed by atoms with E-state index in [9.17, 15) is 28.8 Å². The number of fused-ring (bicyclic) bond motifs is 13. The van der Waals surface area contributed by atoms with Gasteiger partial charge in [0.2, 0.25) is 23.6 Å². The summed E-state index contributed by atoms with van der Waals surface area (Å²) in [7, 11) is 1.51. The van der Waals surface area contributed by atoms with E-state index in [1.807, 2.05) is 13.8 Å². The van der Waals surface area contributed by atoms with Gasteiger partial charge in [-0.25, -0.2) is 0 Å². The van der Waals surface area contributed by atoms with Gasteiger partial charge in [0.25, 0.3) is 11.8 Å². The molecule has 6 rings (SSSR count). The van der Waals surface area contributed by atoms with Crippen LogP contribution in [0.15, 0.2) is 48.5 Å². The summed E-state index contributed by atoms with van der Waals surface area (Å²) < 4.78 is 11.0. The van der Waals surface area contributed by atoms with Crippen LogP contribution in [0.25, 0.3) is 0 Å². The van der Waals surface area contributed by atoms with Gasteiger partial charge in [0.15, 0.2) is 6.61 Å². The fourth-order valence-corrected chi connectivity index (χ4v) is 6.53. The molecular weight excluding hydrogens is 644 g/mol.